The molecule has 0 atom stereocenters. The molecule has 7 nitrogen and oxygen atoms in total. The van der Waals surface area contributed by atoms with Gasteiger partial charge in [0.2, 0.25) is 16.0 Å². The van der Waals surface area contributed by atoms with Gasteiger partial charge in [-0.15, -0.1) is 0 Å². The van der Waals surface area contributed by atoms with Gasteiger partial charge in [-0.05, 0) is 31.2 Å². The van der Waals surface area contributed by atoms with Gasteiger partial charge in [0.15, 0.2) is 0 Å². The van der Waals surface area contributed by atoms with Crippen LogP contribution >= 0.6 is 0 Å². The van der Waals surface area contributed by atoms with Gasteiger partial charge in [-0.3, -0.25) is 0 Å². The summed E-state index contributed by atoms with van der Waals surface area (Å²) in [5.41, 5.74) is 0.942. The monoisotopic (exact) mass is 437 g/mol. The number of aryl methyl sites for hydroxylation is 1. The highest BCUT2D eigenvalue weighted by molar-refractivity contribution is 7.89. The second-order valence-corrected chi connectivity index (χ2v) is 10.1. The average molecular weight is 438 g/mol. The molecule has 162 valence electrons. The van der Waals surface area contributed by atoms with Crippen LogP contribution in [0.5, 0.6) is 0 Å². The van der Waals surface area contributed by atoms with Crippen molar-refractivity contribution in [2.45, 2.75) is 24.7 Å². The molecule has 1 aromatic heterocycles. The molecule has 3 aromatic rings. The molecule has 8 heteroatoms. The second kappa shape index (κ2) is 8.09. The van der Waals surface area contributed by atoms with Crippen LogP contribution in [0.1, 0.15) is 18.5 Å². The lowest BCUT2D eigenvalue weighted by atomic mass is 10.1. The summed E-state index contributed by atoms with van der Waals surface area (Å²) < 4.78 is 28.4. The quantitative estimate of drug-likeness (QED) is 0.625. The first-order valence-corrected chi connectivity index (χ1v) is 12.3. The van der Waals surface area contributed by atoms with E-state index in [1.54, 1.807) is 10.4 Å². The fraction of sp³-hybridized carbons (Fsp3) is 0.391. The lowest BCUT2D eigenvalue weighted by Gasteiger charge is -2.34. The molecule has 2 aliphatic heterocycles. The lowest BCUT2D eigenvalue weighted by Crippen LogP contribution is -2.49. The maximum atomic E-state index is 13.4. The Labute approximate surface area is 183 Å². The van der Waals surface area contributed by atoms with Crippen LogP contribution in [0.3, 0.4) is 0 Å². The second-order valence-electron chi connectivity index (χ2n) is 8.23. The molecule has 0 bridgehead atoms. The third-order valence-corrected chi connectivity index (χ3v) is 8.10. The molecule has 0 N–H and O–H groups in total. The molecule has 0 radical (unpaired) electrons. The third-order valence-electron chi connectivity index (χ3n) is 6.15. The van der Waals surface area contributed by atoms with Crippen molar-refractivity contribution in [1.29, 1.82) is 0 Å². The molecule has 0 aliphatic carbocycles. The van der Waals surface area contributed by atoms with E-state index in [0.717, 1.165) is 35.4 Å². The first-order valence-electron chi connectivity index (χ1n) is 10.9. The Balaban J connectivity index is 1.36. The van der Waals surface area contributed by atoms with Gasteiger partial charge in [0.25, 0.3) is 0 Å². The Morgan fingerprint density at radius 3 is 2.29 bits per heavy atom. The predicted octanol–water partition coefficient (Wildman–Crippen LogP) is 3.05. The normalized spacial score (nSPS) is 18.1. The summed E-state index contributed by atoms with van der Waals surface area (Å²) in [7, 11) is -3.57. The van der Waals surface area contributed by atoms with Gasteiger partial charge in [-0.25, -0.2) is 13.4 Å². The van der Waals surface area contributed by atoms with Crippen molar-refractivity contribution >= 4 is 32.6 Å². The third kappa shape index (κ3) is 3.85. The molecule has 2 fully saturated rings. The van der Waals surface area contributed by atoms with Crippen molar-refractivity contribution in [3.05, 3.63) is 54.2 Å². The van der Waals surface area contributed by atoms with Gasteiger partial charge in [-0.2, -0.15) is 9.29 Å². The van der Waals surface area contributed by atoms with Crippen LogP contribution in [0.15, 0.2) is 53.4 Å². The first kappa shape index (κ1) is 20.2. The smallest absolute Gasteiger partial charge is 0.243 e. The predicted molar refractivity (Wildman–Crippen MR) is 123 cm³/mol. The van der Waals surface area contributed by atoms with Gasteiger partial charge in [-0.1, -0.05) is 36.4 Å². The van der Waals surface area contributed by atoms with Gasteiger partial charge < -0.3 is 9.80 Å². The van der Waals surface area contributed by atoms with E-state index in [-0.39, 0.29) is 0 Å². The SMILES string of the molecule is Cc1cc(N2CCCC2)nc(N2CCN(S(=O)(=O)c3cccc4ccccc34)CC2)n1. The molecule has 2 aromatic carbocycles. The van der Waals surface area contributed by atoms with Crippen LogP contribution in [0.4, 0.5) is 11.8 Å². The van der Waals surface area contributed by atoms with Crippen LogP contribution in [0.25, 0.3) is 10.8 Å². The van der Waals surface area contributed by atoms with E-state index in [2.05, 4.69) is 14.8 Å². The zero-order valence-electron chi connectivity index (χ0n) is 17.7. The number of nitrogens with zero attached hydrogens (tertiary/aromatic N) is 5. The molecule has 0 amide bonds. The topological polar surface area (TPSA) is 69.6 Å². The molecule has 0 spiro atoms. The minimum Gasteiger partial charge on any atom is -0.356 e. The van der Waals surface area contributed by atoms with Crippen LogP contribution in [0.2, 0.25) is 0 Å². The number of hydrogen-bond donors (Lipinski definition) is 0. The highest BCUT2D eigenvalue weighted by Crippen LogP contribution is 2.27. The first-order chi connectivity index (χ1) is 15.0. The number of sulfonamides is 1. The van der Waals surface area contributed by atoms with Gasteiger partial charge >= 0.3 is 0 Å². The van der Waals surface area contributed by atoms with Crippen LogP contribution in [-0.4, -0.2) is 62.0 Å². The van der Waals surface area contributed by atoms with E-state index < -0.39 is 10.0 Å². The summed E-state index contributed by atoms with van der Waals surface area (Å²) in [5, 5.41) is 1.70. The van der Waals surface area contributed by atoms with E-state index in [1.165, 1.54) is 12.8 Å². The van der Waals surface area contributed by atoms with E-state index in [1.807, 2.05) is 49.4 Å². The number of benzene rings is 2. The molecular weight excluding hydrogens is 410 g/mol. The largest absolute Gasteiger partial charge is 0.356 e. The number of fused-ring (bicyclic) bond motifs is 1. The van der Waals surface area contributed by atoms with Crippen LogP contribution in [-0.2, 0) is 10.0 Å². The number of hydrogen-bond acceptors (Lipinski definition) is 6. The number of aromatic nitrogens is 2. The van der Waals surface area contributed by atoms with Gasteiger partial charge in [0.1, 0.15) is 5.82 Å². The van der Waals surface area contributed by atoms with E-state index >= 15 is 0 Å². The van der Waals surface area contributed by atoms with Crippen molar-refractivity contribution in [3.63, 3.8) is 0 Å². The highest BCUT2D eigenvalue weighted by Gasteiger charge is 2.30. The summed E-state index contributed by atoms with van der Waals surface area (Å²) in [4.78, 5) is 14.2. The number of piperazine rings is 1. The fourth-order valence-corrected chi connectivity index (χ4v) is 6.11. The molecular formula is C23H27N5O2S. The Morgan fingerprint density at radius 1 is 0.806 bits per heavy atom. The highest BCUT2D eigenvalue weighted by atomic mass is 32.2. The summed E-state index contributed by atoms with van der Waals surface area (Å²) in [5.74, 6) is 1.68. The van der Waals surface area contributed by atoms with Crippen molar-refractivity contribution in [2.24, 2.45) is 0 Å². The molecule has 0 saturated carbocycles. The Hall–Kier alpha value is -2.71. The molecule has 2 saturated heterocycles. The van der Waals surface area contributed by atoms with Gasteiger partial charge in [0.05, 0.1) is 4.90 Å². The maximum absolute atomic E-state index is 13.4. The Bertz CT molecular complexity index is 1190. The van der Waals surface area contributed by atoms with Crippen LogP contribution < -0.4 is 9.80 Å². The van der Waals surface area contributed by atoms with E-state index in [9.17, 15) is 8.42 Å². The molecule has 3 heterocycles. The zero-order chi connectivity index (χ0) is 21.4. The Kier molecular flexibility index (Phi) is 5.27. The summed E-state index contributed by atoms with van der Waals surface area (Å²) in [6, 6.07) is 15.1. The van der Waals surface area contributed by atoms with Crippen molar-refractivity contribution in [2.75, 3.05) is 49.1 Å². The molecule has 31 heavy (non-hydrogen) atoms. The standard InChI is InChI=1S/C23H27N5O2S/c1-18-17-22(26-11-4-5-12-26)25-23(24-18)27-13-15-28(16-14-27)31(29,30)21-10-6-8-19-7-2-3-9-20(19)21/h2-3,6-10,17H,4-5,11-16H2,1H3. The summed E-state index contributed by atoms with van der Waals surface area (Å²) in [6.45, 7) is 6.05. The van der Waals surface area contributed by atoms with Crippen molar-refractivity contribution < 1.29 is 8.42 Å². The van der Waals surface area contributed by atoms with E-state index in [4.69, 9.17) is 4.98 Å². The van der Waals surface area contributed by atoms with E-state index in [0.29, 0.717) is 37.0 Å². The molecule has 5 rings (SSSR count). The molecule has 0 unspecified atom stereocenters. The minimum absolute atomic E-state index is 0.377. The van der Waals surface area contributed by atoms with Gasteiger partial charge in [0, 0.05) is 56.4 Å². The Morgan fingerprint density at radius 2 is 1.52 bits per heavy atom. The average Bonchev–Trinajstić information content (AvgIpc) is 3.33. The minimum atomic E-state index is -3.57. The van der Waals surface area contributed by atoms with Crippen LogP contribution in [0, 0.1) is 6.92 Å². The zero-order valence-corrected chi connectivity index (χ0v) is 18.6. The maximum Gasteiger partial charge on any atom is 0.243 e. The number of rotatable bonds is 4. The summed E-state index contributed by atoms with van der Waals surface area (Å²) in [6.07, 6.45) is 2.40. The summed E-state index contributed by atoms with van der Waals surface area (Å²) >= 11 is 0. The molecule has 2 aliphatic rings. The van der Waals surface area contributed by atoms with Crippen molar-refractivity contribution in [1.82, 2.24) is 14.3 Å². The number of anilines is 2. The lowest BCUT2D eigenvalue weighted by molar-refractivity contribution is 0.383. The van der Waals surface area contributed by atoms with Crippen molar-refractivity contribution in [3.8, 4) is 0 Å². The fourth-order valence-electron chi connectivity index (χ4n) is 4.47.